The van der Waals surface area contributed by atoms with Crippen LogP contribution in [0.5, 0.6) is 0 Å². The number of hydrogen-bond acceptors (Lipinski definition) is 4. The second kappa shape index (κ2) is 8.88. The number of halogens is 1. The number of benzene rings is 1. The molecule has 7 nitrogen and oxygen atoms in total. The summed E-state index contributed by atoms with van der Waals surface area (Å²) in [5.74, 6) is -0.864. The molecule has 0 aliphatic rings. The number of nitrogens with one attached hydrogen (secondary N) is 3. The third kappa shape index (κ3) is 5.54. The fraction of sp³-hybridized carbons (Fsp3) is 0.333. The molecule has 0 saturated heterocycles. The van der Waals surface area contributed by atoms with Crippen LogP contribution in [-0.2, 0) is 16.0 Å². The maximum absolute atomic E-state index is 12.5. The van der Waals surface area contributed by atoms with E-state index in [1.54, 1.807) is 29.7 Å². The van der Waals surface area contributed by atoms with Crippen molar-refractivity contribution >= 4 is 39.0 Å². The Bertz CT molecular complexity index is 503. The van der Waals surface area contributed by atoms with E-state index in [1.165, 1.54) is 0 Å². The van der Waals surface area contributed by atoms with Gasteiger partial charge in [0.15, 0.2) is 10.9 Å². The van der Waals surface area contributed by atoms with Gasteiger partial charge in [-0.15, -0.1) is 0 Å². The molecule has 0 radical (unpaired) electrons. The summed E-state index contributed by atoms with van der Waals surface area (Å²) in [6.45, 7) is 0.387. The predicted molar refractivity (Wildman–Crippen MR) is 83.4 cm³/mol. The van der Waals surface area contributed by atoms with E-state index < -0.39 is 22.3 Å². The summed E-state index contributed by atoms with van der Waals surface area (Å²) < 4.78 is 13.2. The second-order valence-electron chi connectivity index (χ2n) is 4.18. The highest BCUT2D eigenvalue weighted by atomic mass is 79.9. The summed E-state index contributed by atoms with van der Waals surface area (Å²) in [6, 6.07) is 6.90. The Morgan fingerprint density at radius 2 is 2.19 bits per heavy atom. The maximum atomic E-state index is 12.5. The van der Waals surface area contributed by atoms with Gasteiger partial charge in [0.05, 0.1) is 4.47 Å². The number of amides is 1. The van der Waals surface area contributed by atoms with Gasteiger partial charge in [0.25, 0.3) is 5.91 Å². The smallest absolute Gasteiger partial charge is 0.296 e. The number of hydroxylamine groups is 1. The predicted octanol–water partition coefficient (Wildman–Crippen LogP) is 0.694. The Balaban J connectivity index is 2.75. The lowest BCUT2D eigenvalue weighted by molar-refractivity contribution is -0.128. The van der Waals surface area contributed by atoms with Gasteiger partial charge in [-0.2, -0.15) is 0 Å². The lowest BCUT2D eigenvalue weighted by Crippen LogP contribution is -2.39. The molecule has 1 aromatic rings. The Kier molecular flexibility index (Phi) is 7.51. The highest BCUT2D eigenvalue weighted by molar-refractivity contribution is 9.10. The molecule has 0 fully saturated rings. The Morgan fingerprint density at radius 3 is 2.76 bits per heavy atom. The first kappa shape index (κ1) is 17.8. The molecular formula is C12H17BrN4O3S. The molecule has 0 heterocycles. The molecule has 0 bridgehead atoms. The van der Waals surface area contributed by atoms with Gasteiger partial charge in [0, 0.05) is 13.0 Å². The van der Waals surface area contributed by atoms with E-state index >= 15 is 0 Å². The standard InChI is InChI=1S/C12H17BrN4O3S/c13-8-4-1-2-5-9(8)21(20)10(11(18)17-19)6-3-7-16-12(14)15/h1-2,4-5,10,19H,3,6-7H2,(H,17,18)(H4,14,15,16). The van der Waals surface area contributed by atoms with Gasteiger partial charge in [-0.25, -0.2) is 5.48 Å². The van der Waals surface area contributed by atoms with Crippen LogP contribution in [0, 0.1) is 5.41 Å². The third-order valence-electron chi connectivity index (χ3n) is 2.67. The molecule has 21 heavy (non-hydrogen) atoms. The molecule has 6 N–H and O–H groups in total. The van der Waals surface area contributed by atoms with Crippen LogP contribution in [0.1, 0.15) is 12.8 Å². The highest BCUT2D eigenvalue weighted by Gasteiger charge is 2.32. The first-order valence-corrected chi connectivity index (χ1v) is 8.15. The zero-order valence-corrected chi connectivity index (χ0v) is 13.5. The molecule has 0 aromatic heterocycles. The van der Waals surface area contributed by atoms with Gasteiger partial charge in [-0.3, -0.25) is 15.4 Å². The summed E-state index contributed by atoms with van der Waals surface area (Å²) in [7, 11) is 0. The van der Waals surface area contributed by atoms with Gasteiger partial charge in [-0.1, -0.05) is 12.1 Å². The van der Waals surface area contributed by atoms with Crippen LogP contribution in [0.3, 0.4) is 0 Å². The second-order valence-corrected chi connectivity index (χ2v) is 6.63. The number of carbonyl (C=O) groups is 1. The summed E-state index contributed by atoms with van der Waals surface area (Å²) in [4.78, 5) is 12.2. The van der Waals surface area contributed by atoms with E-state index in [1.807, 2.05) is 0 Å². The number of carbonyl (C=O) groups excluding carboxylic acids is 1. The molecule has 2 atom stereocenters. The van der Waals surface area contributed by atoms with Gasteiger partial charge in [0.1, 0.15) is 0 Å². The molecule has 9 heteroatoms. The fourth-order valence-corrected chi connectivity index (χ4v) is 3.85. The van der Waals surface area contributed by atoms with Gasteiger partial charge in [-0.05, 0) is 45.7 Å². The van der Waals surface area contributed by atoms with Crippen LogP contribution in [0.25, 0.3) is 0 Å². The minimum Gasteiger partial charge on any atom is -0.611 e. The van der Waals surface area contributed by atoms with Crippen molar-refractivity contribution in [1.29, 1.82) is 5.41 Å². The van der Waals surface area contributed by atoms with E-state index in [4.69, 9.17) is 16.4 Å². The minimum atomic E-state index is -1.61. The van der Waals surface area contributed by atoms with Crippen molar-refractivity contribution < 1.29 is 14.6 Å². The molecular weight excluding hydrogens is 360 g/mol. The average Bonchev–Trinajstić information content (AvgIpc) is 2.46. The molecule has 116 valence electrons. The van der Waals surface area contributed by atoms with E-state index in [2.05, 4.69) is 21.2 Å². The molecule has 0 aliphatic heterocycles. The first-order valence-electron chi connectivity index (χ1n) is 6.14. The van der Waals surface area contributed by atoms with Crippen LogP contribution in [-0.4, -0.2) is 33.4 Å². The van der Waals surface area contributed by atoms with Crippen LogP contribution >= 0.6 is 15.9 Å². The molecule has 1 amide bonds. The lowest BCUT2D eigenvalue weighted by atomic mass is 10.2. The molecule has 0 spiro atoms. The van der Waals surface area contributed by atoms with E-state index in [-0.39, 0.29) is 12.4 Å². The summed E-state index contributed by atoms with van der Waals surface area (Å²) in [6.07, 6.45) is 0.758. The van der Waals surface area contributed by atoms with Crippen LogP contribution in [0.4, 0.5) is 0 Å². The van der Waals surface area contributed by atoms with Crippen LogP contribution in [0.2, 0.25) is 0 Å². The van der Waals surface area contributed by atoms with Gasteiger partial charge in [0.2, 0.25) is 5.25 Å². The zero-order chi connectivity index (χ0) is 15.8. The van der Waals surface area contributed by atoms with Crippen molar-refractivity contribution in [2.24, 2.45) is 5.73 Å². The molecule has 0 saturated carbocycles. The number of nitrogens with two attached hydrogens (primary N) is 1. The Morgan fingerprint density at radius 1 is 1.52 bits per heavy atom. The number of guanidine groups is 1. The monoisotopic (exact) mass is 376 g/mol. The van der Waals surface area contributed by atoms with Gasteiger partial charge >= 0.3 is 0 Å². The fourth-order valence-electron chi connectivity index (χ4n) is 1.68. The summed E-state index contributed by atoms with van der Waals surface area (Å²) in [5.41, 5.74) is 6.70. The SMILES string of the molecule is N=C(N)NCCCC(C(=O)NO)[S+]([O-])c1ccccc1Br. The zero-order valence-electron chi connectivity index (χ0n) is 11.1. The third-order valence-corrected chi connectivity index (χ3v) is 5.38. The molecule has 2 unspecified atom stereocenters. The number of hydrogen-bond donors (Lipinski definition) is 5. The Hall–Kier alpha value is -1.29. The van der Waals surface area contributed by atoms with Crippen LogP contribution < -0.4 is 16.5 Å². The largest absolute Gasteiger partial charge is 0.611 e. The van der Waals surface area contributed by atoms with Crippen molar-refractivity contribution in [3.05, 3.63) is 28.7 Å². The van der Waals surface area contributed by atoms with Crippen LogP contribution in [0.15, 0.2) is 33.6 Å². The Labute approximate surface area is 134 Å². The maximum Gasteiger partial charge on any atom is 0.296 e. The van der Waals surface area contributed by atoms with E-state index in [0.29, 0.717) is 22.3 Å². The molecule has 0 aliphatic carbocycles. The summed E-state index contributed by atoms with van der Waals surface area (Å²) in [5, 5.41) is 17.5. The van der Waals surface area contributed by atoms with Crippen molar-refractivity contribution in [2.45, 2.75) is 23.0 Å². The van der Waals surface area contributed by atoms with Crippen molar-refractivity contribution in [3.63, 3.8) is 0 Å². The number of rotatable bonds is 7. The highest BCUT2D eigenvalue weighted by Crippen LogP contribution is 2.26. The van der Waals surface area contributed by atoms with E-state index in [9.17, 15) is 9.35 Å². The van der Waals surface area contributed by atoms with Crippen molar-refractivity contribution in [2.75, 3.05) is 6.54 Å². The first-order chi connectivity index (χ1) is 9.97. The van der Waals surface area contributed by atoms with Gasteiger partial charge < -0.3 is 15.6 Å². The van der Waals surface area contributed by atoms with Crippen molar-refractivity contribution in [1.82, 2.24) is 10.8 Å². The summed E-state index contributed by atoms with van der Waals surface area (Å²) >= 11 is 1.68. The lowest BCUT2D eigenvalue weighted by Gasteiger charge is -2.20. The topological polar surface area (TPSA) is 134 Å². The molecule has 1 rings (SSSR count). The van der Waals surface area contributed by atoms with Crippen molar-refractivity contribution in [3.8, 4) is 0 Å². The molecule has 1 aromatic carbocycles. The average molecular weight is 377 g/mol. The van der Waals surface area contributed by atoms with E-state index in [0.717, 1.165) is 0 Å². The quantitative estimate of drug-likeness (QED) is 0.119. The normalized spacial score (nSPS) is 13.3. The minimum absolute atomic E-state index is 0.162.